The summed E-state index contributed by atoms with van der Waals surface area (Å²) in [4.78, 5) is 24.6. The second-order valence-electron chi connectivity index (χ2n) is 5.62. The zero-order valence-corrected chi connectivity index (χ0v) is 10.3. The van der Waals surface area contributed by atoms with Gasteiger partial charge < -0.3 is 15.4 Å². The van der Waals surface area contributed by atoms with Crippen LogP contribution in [0.2, 0.25) is 0 Å². The Morgan fingerprint density at radius 3 is 2.89 bits per heavy atom. The number of methoxy groups -OCH3 is 1. The molecule has 0 aromatic heterocycles. The molecule has 4 rings (SSSR count). The summed E-state index contributed by atoms with van der Waals surface area (Å²) in [7, 11) is 1.48. The van der Waals surface area contributed by atoms with Gasteiger partial charge >= 0.3 is 0 Å². The van der Waals surface area contributed by atoms with Crippen molar-refractivity contribution in [2.75, 3.05) is 13.7 Å². The van der Waals surface area contributed by atoms with Gasteiger partial charge in [0, 0.05) is 36.4 Å². The van der Waals surface area contributed by atoms with Crippen LogP contribution >= 0.6 is 0 Å². The minimum atomic E-state index is -1.09. The molecule has 1 saturated carbocycles. The van der Waals surface area contributed by atoms with Gasteiger partial charge in [-0.25, -0.2) is 0 Å². The van der Waals surface area contributed by atoms with Crippen LogP contribution in [0.15, 0.2) is 23.0 Å². The molecule has 0 aromatic carbocycles. The molecule has 2 N–H and O–H groups in total. The lowest BCUT2D eigenvalue weighted by Gasteiger charge is -2.22. The molecular weight excluding hydrogens is 232 g/mol. The van der Waals surface area contributed by atoms with Gasteiger partial charge in [0.15, 0.2) is 5.72 Å². The average Bonchev–Trinajstić information content (AvgIpc) is 2.86. The fourth-order valence-electron chi connectivity index (χ4n) is 3.58. The van der Waals surface area contributed by atoms with Crippen LogP contribution in [0.25, 0.3) is 0 Å². The molecule has 18 heavy (non-hydrogen) atoms. The molecule has 2 fully saturated rings. The summed E-state index contributed by atoms with van der Waals surface area (Å²) < 4.78 is 5.27. The SMILES string of the molecule is COC1(C)NC2=C(C1=O)C13CC1CNC3=CC2=O. The number of rotatable bonds is 1. The molecule has 1 spiro atoms. The van der Waals surface area contributed by atoms with Crippen molar-refractivity contribution >= 4 is 11.6 Å². The van der Waals surface area contributed by atoms with Gasteiger partial charge in [-0.2, -0.15) is 0 Å². The topological polar surface area (TPSA) is 67.4 Å². The van der Waals surface area contributed by atoms with E-state index in [2.05, 4.69) is 10.6 Å². The molecule has 0 radical (unpaired) electrons. The van der Waals surface area contributed by atoms with Crippen molar-refractivity contribution in [3.63, 3.8) is 0 Å². The van der Waals surface area contributed by atoms with Crippen molar-refractivity contribution in [3.8, 4) is 0 Å². The van der Waals surface area contributed by atoms with Gasteiger partial charge in [0.25, 0.3) is 0 Å². The van der Waals surface area contributed by atoms with Crippen LogP contribution in [0.1, 0.15) is 13.3 Å². The summed E-state index contributed by atoms with van der Waals surface area (Å²) in [6, 6.07) is 0. The second kappa shape index (κ2) is 2.69. The van der Waals surface area contributed by atoms with Gasteiger partial charge in [-0.15, -0.1) is 0 Å². The number of Topliss-reactive ketones (excluding diaryl/α,β-unsaturated/α-hetero) is 1. The van der Waals surface area contributed by atoms with Crippen LogP contribution in [0, 0.1) is 11.3 Å². The Labute approximate surface area is 104 Å². The fraction of sp³-hybridized carbons (Fsp3) is 0.538. The quantitative estimate of drug-likeness (QED) is 0.673. The van der Waals surface area contributed by atoms with Crippen molar-refractivity contribution < 1.29 is 14.3 Å². The van der Waals surface area contributed by atoms with Crippen LogP contribution in [-0.2, 0) is 14.3 Å². The molecule has 2 aliphatic heterocycles. The Hall–Kier alpha value is -1.62. The number of nitrogens with one attached hydrogen (secondary N) is 2. The zero-order valence-electron chi connectivity index (χ0n) is 10.3. The maximum absolute atomic E-state index is 12.6. The van der Waals surface area contributed by atoms with E-state index in [0.717, 1.165) is 18.7 Å². The molecule has 2 aliphatic carbocycles. The molecule has 1 saturated heterocycles. The fourth-order valence-corrected chi connectivity index (χ4v) is 3.58. The molecule has 5 nitrogen and oxygen atoms in total. The Bertz CT molecular complexity index is 577. The number of allylic oxidation sites excluding steroid dienone is 2. The average molecular weight is 246 g/mol. The summed E-state index contributed by atoms with van der Waals surface area (Å²) in [6.07, 6.45) is 2.60. The van der Waals surface area contributed by atoms with Gasteiger partial charge in [0.1, 0.15) is 0 Å². The first kappa shape index (κ1) is 10.3. The maximum Gasteiger partial charge on any atom is 0.214 e. The van der Waals surface area contributed by atoms with E-state index in [1.807, 2.05) is 0 Å². The maximum atomic E-state index is 12.6. The number of hydrogen-bond donors (Lipinski definition) is 2. The molecule has 5 heteroatoms. The van der Waals surface area contributed by atoms with E-state index in [9.17, 15) is 9.59 Å². The van der Waals surface area contributed by atoms with Crippen LogP contribution in [0.4, 0.5) is 0 Å². The Morgan fingerprint density at radius 2 is 2.22 bits per heavy atom. The van der Waals surface area contributed by atoms with Gasteiger partial charge in [0.05, 0.1) is 5.70 Å². The molecule has 94 valence electrons. The zero-order chi connectivity index (χ0) is 12.7. The third kappa shape index (κ3) is 0.871. The largest absolute Gasteiger partial charge is 0.387 e. The number of hydrogen-bond acceptors (Lipinski definition) is 5. The standard InChI is InChI=1S/C13H14N2O3/c1-12(18-2)11(17)9-10(15-12)7(16)3-8-13(9)4-6(13)5-14-8/h3,6,14-15H,4-5H2,1-2H3. The predicted octanol–water partition coefficient (Wildman–Crippen LogP) is -0.148. The first-order chi connectivity index (χ1) is 8.53. The van der Waals surface area contributed by atoms with E-state index in [1.54, 1.807) is 13.0 Å². The Morgan fingerprint density at radius 1 is 1.44 bits per heavy atom. The van der Waals surface area contributed by atoms with E-state index in [1.165, 1.54) is 7.11 Å². The Kier molecular flexibility index (Phi) is 1.54. The van der Waals surface area contributed by atoms with E-state index in [-0.39, 0.29) is 17.0 Å². The summed E-state index contributed by atoms with van der Waals surface area (Å²) in [6.45, 7) is 2.53. The molecule has 2 heterocycles. The van der Waals surface area contributed by atoms with Crippen molar-refractivity contribution in [2.24, 2.45) is 11.3 Å². The van der Waals surface area contributed by atoms with Crippen LogP contribution in [0.3, 0.4) is 0 Å². The Balaban J connectivity index is 1.89. The summed E-state index contributed by atoms with van der Waals surface area (Å²) >= 11 is 0. The molecule has 4 aliphatic rings. The lowest BCUT2D eigenvalue weighted by atomic mass is 9.82. The van der Waals surface area contributed by atoms with Gasteiger partial charge in [-0.3, -0.25) is 9.59 Å². The first-order valence-electron chi connectivity index (χ1n) is 6.16. The lowest BCUT2D eigenvalue weighted by molar-refractivity contribution is -0.135. The highest BCUT2D eigenvalue weighted by molar-refractivity contribution is 6.19. The highest BCUT2D eigenvalue weighted by Crippen LogP contribution is 2.67. The van der Waals surface area contributed by atoms with Crippen LogP contribution in [0.5, 0.6) is 0 Å². The number of ether oxygens (including phenoxy) is 1. The van der Waals surface area contributed by atoms with Gasteiger partial charge in [-0.05, 0) is 19.3 Å². The molecule has 0 amide bonds. The van der Waals surface area contributed by atoms with Crippen molar-refractivity contribution in [1.82, 2.24) is 10.6 Å². The molecule has 3 atom stereocenters. The number of piperidine rings is 1. The predicted molar refractivity (Wildman–Crippen MR) is 62.2 cm³/mol. The summed E-state index contributed by atoms with van der Waals surface area (Å²) in [5.41, 5.74) is 0.702. The smallest absolute Gasteiger partial charge is 0.214 e. The summed E-state index contributed by atoms with van der Waals surface area (Å²) in [5.74, 6) is 0.233. The van der Waals surface area contributed by atoms with E-state index in [4.69, 9.17) is 4.74 Å². The molecule has 0 aromatic rings. The van der Waals surface area contributed by atoms with Crippen molar-refractivity contribution in [2.45, 2.75) is 19.1 Å². The highest BCUT2D eigenvalue weighted by Gasteiger charge is 2.69. The molecular formula is C13H14N2O3. The van der Waals surface area contributed by atoms with E-state index < -0.39 is 5.72 Å². The number of ketones is 2. The van der Waals surface area contributed by atoms with Gasteiger partial charge in [0.2, 0.25) is 11.6 Å². The van der Waals surface area contributed by atoms with Gasteiger partial charge in [-0.1, -0.05) is 0 Å². The monoisotopic (exact) mass is 246 g/mol. The number of carbonyl (C=O) groups is 2. The third-order valence-electron chi connectivity index (χ3n) is 4.77. The lowest BCUT2D eigenvalue weighted by Crippen LogP contribution is -2.46. The van der Waals surface area contributed by atoms with Crippen LogP contribution in [-0.4, -0.2) is 30.9 Å². The van der Waals surface area contributed by atoms with Crippen LogP contribution < -0.4 is 10.6 Å². The second-order valence-corrected chi connectivity index (χ2v) is 5.62. The highest BCUT2D eigenvalue weighted by atomic mass is 16.5. The van der Waals surface area contributed by atoms with Crippen molar-refractivity contribution in [3.05, 3.63) is 23.0 Å². The summed E-state index contributed by atoms with van der Waals surface area (Å²) in [5, 5.41) is 6.21. The van der Waals surface area contributed by atoms with E-state index >= 15 is 0 Å². The third-order valence-corrected chi connectivity index (χ3v) is 4.77. The minimum Gasteiger partial charge on any atom is -0.387 e. The normalized spacial score (nSPS) is 43.9. The number of carbonyl (C=O) groups excluding carboxylic acids is 2. The molecule has 0 bridgehead atoms. The van der Waals surface area contributed by atoms with E-state index in [0.29, 0.717) is 17.2 Å². The first-order valence-corrected chi connectivity index (χ1v) is 6.16. The minimum absolute atomic E-state index is 0.0925. The molecule has 3 unspecified atom stereocenters. The van der Waals surface area contributed by atoms with Crippen molar-refractivity contribution in [1.29, 1.82) is 0 Å².